The fourth-order valence-electron chi connectivity index (χ4n) is 2.92. The van der Waals surface area contributed by atoms with E-state index in [9.17, 15) is 18.4 Å². The number of benzene rings is 2. The van der Waals surface area contributed by atoms with E-state index in [0.717, 1.165) is 18.1 Å². The van der Waals surface area contributed by atoms with Crippen molar-refractivity contribution in [3.63, 3.8) is 0 Å². The first kappa shape index (κ1) is 16.9. The maximum absolute atomic E-state index is 13.8. The molecule has 0 aliphatic carbocycles. The van der Waals surface area contributed by atoms with Crippen molar-refractivity contribution in [2.24, 2.45) is 5.73 Å². The van der Waals surface area contributed by atoms with Crippen molar-refractivity contribution in [3.8, 4) is 0 Å². The van der Waals surface area contributed by atoms with Gasteiger partial charge in [0, 0.05) is 24.6 Å². The van der Waals surface area contributed by atoms with Crippen LogP contribution in [0.2, 0.25) is 0 Å². The van der Waals surface area contributed by atoms with Gasteiger partial charge in [-0.2, -0.15) is 0 Å². The fraction of sp³-hybridized carbons (Fsp3) is 0.222. The highest BCUT2D eigenvalue weighted by Crippen LogP contribution is 2.28. The van der Waals surface area contributed by atoms with Crippen molar-refractivity contribution in [3.05, 3.63) is 65.2 Å². The molecule has 3 rings (SSSR count). The molecule has 1 unspecified atom stereocenters. The molecule has 2 aromatic carbocycles. The third kappa shape index (κ3) is 3.76. The van der Waals surface area contributed by atoms with Crippen molar-refractivity contribution >= 4 is 17.6 Å². The van der Waals surface area contributed by atoms with Crippen molar-refractivity contribution in [1.29, 1.82) is 0 Å². The molecule has 2 aromatic rings. The van der Waals surface area contributed by atoms with E-state index in [-0.39, 0.29) is 23.0 Å². The Morgan fingerprint density at radius 1 is 1.12 bits per heavy atom. The predicted molar refractivity (Wildman–Crippen MR) is 89.3 cm³/mol. The van der Waals surface area contributed by atoms with E-state index in [4.69, 9.17) is 5.73 Å². The third-order valence-corrected chi connectivity index (χ3v) is 4.31. The predicted octanol–water partition coefficient (Wildman–Crippen LogP) is 3.09. The van der Waals surface area contributed by atoms with Crippen LogP contribution < -0.4 is 11.1 Å². The standard InChI is InChI=1S/C18H17F2N3O2/c19-14-4-1-11(2-5-14)13-7-8-23(10-13)18(25)22-16-9-12(17(21)24)3-6-15(16)20/h1-6,9,13H,7-8,10H2,(H2,21,24)(H,22,25). The molecule has 0 saturated carbocycles. The van der Waals surface area contributed by atoms with Gasteiger partial charge in [0.05, 0.1) is 5.69 Å². The van der Waals surface area contributed by atoms with Gasteiger partial charge in [0.1, 0.15) is 11.6 Å². The molecule has 3 amide bonds. The van der Waals surface area contributed by atoms with Crippen LogP contribution in [0, 0.1) is 11.6 Å². The average Bonchev–Trinajstić information content (AvgIpc) is 3.07. The average molecular weight is 345 g/mol. The molecule has 0 bridgehead atoms. The number of anilines is 1. The van der Waals surface area contributed by atoms with E-state index < -0.39 is 17.8 Å². The molecule has 0 spiro atoms. The molecule has 3 N–H and O–H groups in total. The van der Waals surface area contributed by atoms with E-state index in [0.29, 0.717) is 13.1 Å². The lowest BCUT2D eigenvalue weighted by molar-refractivity contribution is 0.1000. The first-order chi connectivity index (χ1) is 11.9. The molecule has 0 radical (unpaired) electrons. The van der Waals surface area contributed by atoms with E-state index in [1.165, 1.54) is 24.3 Å². The normalized spacial score (nSPS) is 16.7. The zero-order chi connectivity index (χ0) is 18.0. The number of nitrogens with zero attached hydrogens (tertiary/aromatic N) is 1. The molecule has 1 saturated heterocycles. The quantitative estimate of drug-likeness (QED) is 0.897. The summed E-state index contributed by atoms with van der Waals surface area (Å²) in [5.74, 6) is -1.55. The summed E-state index contributed by atoms with van der Waals surface area (Å²) in [4.78, 5) is 25.1. The number of urea groups is 1. The van der Waals surface area contributed by atoms with Gasteiger partial charge in [0.25, 0.3) is 0 Å². The summed E-state index contributed by atoms with van der Waals surface area (Å²) in [5.41, 5.74) is 6.15. The highest BCUT2D eigenvalue weighted by atomic mass is 19.1. The molecule has 25 heavy (non-hydrogen) atoms. The Balaban J connectivity index is 1.67. The summed E-state index contributed by atoms with van der Waals surface area (Å²) in [5, 5.41) is 2.47. The van der Waals surface area contributed by atoms with Crippen LogP contribution in [-0.4, -0.2) is 29.9 Å². The first-order valence-corrected chi connectivity index (χ1v) is 7.85. The van der Waals surface area contributed by atoms with Crippen LogP contribution >= 0.6 is 0 Å². The third-order valence-electron chi connectivity index (χ3n) is 4.31. The number of halogens is 2. The van der Waals surface area contributed by atoms with Crippen LogP contribution in [0.1, 0.15) is 28.3 Å². The Morgan fingerprint density at radius 3 is 2.52 bits per heavy atom. The lowest BCUT2D eigenvalue weighted by atomic mass is 9.99. The number of hydrogen-bond donors (Lipinski definition) is 2. The molecular weight excluding hydrogens is 328 g/mol. The van der Waals surface area contributed by atoms with Gasteiger partial charge in [-0.05, 0) is 42.3 Å². The number of carbonyl (C=O) groups is 2. The van der Waals surface area contributed by atoms with Gasteiger partial charge in [-0.3, -0.25) is 4.79 Å². The molecular formula is C18H17F2N3O2. The number of likely N-dealkylation sites (tertiary alicyclic amines) is 1. The molecule has 0 aromatic heterocycles. The maximum Gasteiger partial charge on any atom is 0.321 e. The van der Waals surface area contributed by atoms with Gasteiger partial charge < -0.3 is 16.0 Å². The summed E-state index contributed by atoms with van der Waals surface area (Å²) < 4.78 is 26.8. The zero-order valence-corrected chi connectivity index (χ0v) is 13.3. The first-order valence-electron chi connectivity index (χ1n) is 7.85. The summed E-state index contributed by atoms with van der Waals surface area (Å²) in [7, 11) is 0. The van der Waals surface area contributed by atoms with Crippen molar-refractivity contribution in [2.75, 3.05) is 18.4 Å². The number of primary amides is 1. The van der Waals surface area contributed by atoms with Crippen LogP contribution in [0.15, 0.2) is 42.5 Å². The summed E-state index contributed by atoms with van der Waals surface area (Å²) in [6, 6.07) is 9.29. The fourth-order valence-corrected chi connectivity index (χ4v) is 2.92. The maximum atomic E-state index is 13.8. The van der Waals surface area contributed by atoms with E-state index >= 15 is 0 Å². The number of nitrogens with two attached hydrogens (primary N) is 1. The van der Waals surface area contributed by atoms with Gasteiger partial charge in [0.15, 0.2) is 0 Å². The Hall–Kier alpha value is -2.96. The lowest BCUT2D eigenvalue weighted by Crippen LogP contribution is -2.33. The second-order valence-corrected chi connectivity index (χ2v) is 5.97. The second-order valence-electron chi connectivity index (χ2n) is 5.97. The molecule has 5 nitrogen and oxygen atoms in total. The molecule has 1 heterocycles. The minimum Gasteiger partial charge on any atom is -0.366 e. The van der Waals surface area contributed by atoms with Crippen molar-refractivity contribution in [1.82, 2.24) is 4.90 Å². The van der Waals surface area contributed by atoms with E-state index in [2.05, 4.69) is 5.32 Å². The topological polar surface area (TPSA) is 75.4 Å². The summed E-state index contributed by atoms with van der Waals surface area (Å²) >= 11 is 0. The Kier molecular flexibility index (Phi) is 4.65. The van der Waals surface area contributed by atoms with Gasteiger partial charge in [0.2, 0.25) is 5.91 Å². The SMILES string of the molecule is NC(=O)c1ccc(F)c(NC(=O)N2CCC(c3ccc(F)cc3)C2)c1. The second kappa shape index (κ2) is 6.88. The molecule has 1 atom stereocenters. The Morgan fingerprint density at radius 2 is 1.84 bits per heavy atom. The highest BCUT2D eigenvalue weighted by Gasteiger charge is 2.27. The highest BCUT2D eigenvalue weighted by molar-refractivity contribution is 5.96. The van der Waals surface area contributed by atoms with Gasteiger partial charge >= 0.3 is 6.03 Å². The van der Waals surface area contributed by atoms with Crippen molar-refractivity contribution < 1.29 is 18.4 Å². The van der Waals surface area contributed by atoms with Gasteiger partial charge in [-0.25, -0.2) is 13.6 Å². The summed E-state index contributed by atoms with van der Waals surface area (Å²) in [6.07, 6.45) is 0.739. The lowest BCUT2D eigenvalue weighted by Gasteiger charge is -2.18. The molecule has 7 heteroatoms. The molecule has 1 aliphatic rings. The van der Waals surface area contributed by atoms with Crippen molar-refractivity contribution in [2.45, 2.75) is 12.3 Å². The molecule has 130 valence electrons. The minimum absolute atomic E-state index is 0.0912. The smallest absolute Gasteiger partial charge is 0.321 e. The minimum atomic E-state index is -0.701. The van der Waals surface area contributed by atoms with Crippen LogP contribution in [0.4, 0.5) is 19.3 Å². The van der Waals surface area contributed by atoms with E-state index in [1.54, 1.807) is 17.0 Å². The zero-order valence-electron chi connectivity index (χ0n) is 13.3. The molecule has 1 aliphatic heterocycles. The van der Waals surface area contributed by atoms with E-state index in [1.807, 2.05) is 0 Å². The van der Waals surface area contributed by atoms with Gasteiger partial charge in [-0.15, -0.1) is 0 Å². The van der Waals surface area contributed by atoms with Crippen LogP contribution in [0.5, 0.6) is 0 Å². The Labute approximate surface area is 143 Å². The number of nitrogens with one attached hydrogen (secondary N) is 1. The largest absolute Gasteiger partial charge is 0.366 e. The number of amides is 3. The number of carbonyl (C=O) groups excluding carboxylic acids is 2. The monoisotopic (exact) mass is 345 g/mol. The summed E-state index contributed by atoms with van der Waals surface area (Å²) in [6.45, 7) is 0.958. The molecule has 1 fully saturated rings. The number of rotatable bonds is 3. The van der Waals surface area contributed by atoms with Gasteiger partial charge in [-0.1, -0.05) is 12.1 Å². The number of hydrogen-bond acceptors (Lipinski definition) is 2. The van der Waals surface area contributed by atoms with Crippen LogP contribution in [0.3, 0.4) is 0 Å². The Bertz CT molecular complexity index is 808. The van der Waals surface area contributed by atoms with Crippen LogP contribution in [-0.2, 0) is 0 Å². The van der Waals surface area contributed by atoms with Crippen LogP contribution in [0.25, 0.3) is 0 Å².